The van der Waals surface area contributed by atoms with Crippen LogP contribution >= 0.6 is 0 Å². The van der Waals surface area contributed by atoms with Crippen molar-refractivity contribution in [2.45, 2.75) is 78.1 Å². The van der Waals surface area contributed by atoms with Crippen LogP contribution in [0.4, 0.5) is 0 Å². The summed E-state index contributed by atoms with van der Waals surface area (Å²) >= 11 is 1.57. The molecule has 0 bridgehead atoms. The number of aryl methyl sites for hydroxylation is 1. The molecule has 45 heavy (non-hydrogen) atoms. The van der Waals surface area contributed by atoms with Crippen LogP contribution < -0.4 is 24.8 Å². The number of hydrogen-bond donors (Lipinski definition) is 0. The van der Waals surface area contributed by atoms with Crippen LogP contribution in [0.15, 0.2) is 121 Å². The molecule has 0 unspecified atom stereocenters. The maximum Gasteiger partial charge on any atom is -0.172 e. The van der Waals surface area contributed by atoms with Gasteiger partial charge in [0.05, 0.1) is 0 Å². The number of hydrogen-bond acceptors (Lipinski definition) is 0. The fourth-order valence-electron chi connectivity index (χ4n) is 5.22. The monoisotopic (exact) mass is 710 g/mol. The summed E-state index contributed by atoms with van der Waals surface area (Å²) in [5, 5.41) is 0. The average Bonchev–Trinajstić information content (AvgIpc) is 3.68. The molecule has 1 aliphatic carbocycles. The molecule has 0 spiro atoms. The summed E-state index contributed by atoms with van der Waals surface area (Å²) < 4.78 is 1.65. The predicted octanol–water partition coefficient (Wildman–Crippen LogP) is 4.65. The van der Waals surface area contributed by atoms with E-state index >= 15 is 0 Å². The fraction of sp³-hybridized carbons (Fsp3) is 0.286. The van der Waals surface area contributed by atoms with E-state index in [4.69, 9.17) is 0 Å². The first kappa shape index (κ1) is 38.7. The molecule has 0 saturated heterocycles. The second-order valence-corrected chi connectivity index (χ2v) is 15.3. The Labute approximate surface area is 300 Å². The van der Waals surface area contributed by atoms with Gasteiger partial charge in [0.25, 0.3) is 0 Å². The van der Waals surface area contributed by atoms with E-state index in [-0.39, 0.29) is 35.6 Å². The largest absolute Gasteiger partial charge is 0.214 e. The molecule has 234 valence electrons. The molecule has 0 aromatic heterocycles. The summed E-state index contributed by atoms with van der Waals surface area (Å²) in [6.45, 7) is 13.6. The van der Waals surface area contributed by atoms with Crippen LogP contribution in [0.2, 0.25) is 0 Å². The summed E-state index contributed by atoms with van der Waals surface area (Å²) in [5.74, 6) is 0. The summed E-state index contributed by atoms with van der Waals surface area (Å²) in [4.78, 5) is 0. The maximum absolute atomic E-state index is 3.67. The van der Waals surface area contributed by atoms with E-state index in [9.17, 15) is 0 Å². The van der Waals surface area contributed by atoms with Gasteiger partial charge in [-0.15, -0.1) is 11.1 Å². The molecular formula is C42H46Cl2Zr-2. The molecule has 3 heteroatoms. The van der Waals surface area contributed by atoms with Gasteiger partial charge >= 0.3 is 118 Å². The van der Waals surface area contributed by atoms with Crippen LogP contribution in [-0.4, -0.2) is 3.21 Å². The van der Waals surface area contributed by atoms with E-state index < -0.39 is 0 Å². The Bertz CT molecular complexity index is 1490. The minimum Gasteiger partial charge on any atom is -0.214 e. The number of halogens is 2. The maximum atomic E-state index is 3.67. The molecule has 0 radical (unpaired) electrons. The van der Waals surface area contributed by atoms with Gasteiger partial charge in [0, 0.05) is 0 Å². The molecule has 6 rings (SSSR count). The molecule has 0 nitrogen and oxygen atoms in total. The zero-order valence-electron chi connectivity index (χ0n) is 27.6. The summed E-state index contributed by atoms with van der Waals surface area (Å²) in [5.41, 5.74) is 11.6. The Morgan fingerprint density at radius 2 is 1.27 bits per heavy atom. The summed E-state index contributed by atoms with van der Waals surface area (Å²) in [7, 11) is 0. The first-order valence-electron chi connectivity index (χ1n) is 15.5. The Morgan fingerprint density at radius 1 is 0.689 bits per heavy atom. The smallest absolute Gasteiger partial charge is 0.172 e. The molecule has 5 aromatic carbocycles. The van der Waals surface area contributed by atoms with Crippen molar-refractivity contribution in [3.05, 3.63) is 161 Å². The second-order valence-electron chi connectivity index (χ2n) is 13.5. The van der Waals surface area contributed by atoms with E-state index in [1.54, 1.807) is 27.4 Å². The van der Waals surface area contributed by atoms with E-state index in [1.165, 1.54) is 57.3 Å². The first-order valence-corrected chi connectivity index (χ1v) is 16.7. The van der Waals surface area contributed by atoms with Crippen molar-refractivity contribution < 1.29 is 49.0 Å². The van der Waals surface area contributed by atoms with Crippen molar-refractivity contribution in [3.8, 4) is 11.1 Å². The van der Waals surface area contributed by atoms with Crippen LogP contribution in [0.5, 0.6) is 0 Å². The van der Waals surface area contributed by atoms with Crippen molar-refractivity contribution in [2.24, 2.45) is 0 Å². The molecule has 0 fully saturated rings. The van der Waals surface area contributed by atoms with Gasteiger partial charge in [0.2, 0.25) is 0 Å². The number of rotatable bonds is 5. The standard InChI is InChI=1S/C21H25.C16H16.C5H5.2ClH.Zr/c1-20(2,3)16-7-9-18-14(12-16)11-15-13-17(21(4,5)6)8-10-19(15)18;1-3-9-15(10-4-1)13-7-8-14-16-11-5-2-6-12-16;1-2-4-5-3-1;;;/h7-10,12H,11H2,1-6H3;1-6,9-12H,7,13-14H2;1-5H;2*1H;/q-1;;-1;;;+2/p-2. The van der Waals surface area contributed by atoms with Gasteiger partial charge in [0.15, 0.2) is 0 Å². The van der Waals surface area contributed by atoms with E-state index in [1.807, 2.05) is 30.3 Å². The van der Waals surface area contributed by atoms with Crippen molar-refractivity contribution in [1.29, 1.82) is 0 Å². The molecular weight excluding hydrogens is 667 g/mol. The number of fused-ring (bicyclic) bond motifs is 3. The van der Waals surface area contributed by atoms with Gasteiger partial charge < -0.3 is 24.8 Å². The zero-order chi connectivity index (χ0) is 30.9. The van der Waals surface area contributed by atoms with Gasteiger partial charge in [-0.2, -0.15) is 42.0 Å². The first-order chi connectivity index (χ1) is 20.5. The molecule has 0 amide bonds. The predicted molar refractivity (Wildman–Crippen MR) is 183 cm³/mol. The van der Waals surface area contributed by atoms with Gasteiger partial charge in [-0.05, 0) is 28.4 Å². The van der Waals surface area contributed by atoms with Gasteiger partial charge in [-0.25, -0.2) is 12.1 Å². The Balaban J connectivity index is 0.000000265. The van der Waals surface area contributed by atoms with Crippen LogP contribution in [0.1, 0.15) is 81.3 Å². The van der Waals surface area contributed by atoms with E-state index in [0.29, 0.717) is 0 Å². The molecule has 0 saturated carbocycles. The molecule has 0 aliphatic heterocycles. The Morgan fingerprint density at radius 3 is 1.80 bits per heavy atom. The van der Waals surface area contributed by atoms with Crippen molar-refractivity contribution in [2.75, 3.05) is 0 Å². The second kappa shape index (κ2) is 18.0. The molecule has 0 atom stereocenters. The topological polar surface area (TPSA) is 0 Å². The minimum absolute atomic E-state index is 0. The average molecular weight is 713 g/mol. The zero-order valence-corrected chi connectivity index (χ0v) is 31.6. The van der Waals surface area contributed by atoms with Crippen LogP contribution in [0.25, 0.3) is 11.1 Å². The van der Waals surface area contributed by atoms with Crippen LogP contribution in [-0.2, 0) is 54.3 Å². The molecule has 0 N–H and O–H groups in total. The normalized spacial score (nSPS) is 11.3. The Hall–Kier alpha value is -2.44. The third-order valence-corrected chi connectivity index (χ3v) is 8.89. The molecule has 5 aromatic rings. The summed E-state index contributed by atoms with van der Waals surface area (Å²) in [6, 6.07) is 46.7. The van der Waals surface area contributed by atoms with Gasteiger partial charge in [-0.1, -0.05) is 65.3 Å². The van der Waals surface area contributed by atoms with Crippen LogP contribution in [0, 0.1) is 6.07 Å². The van der Waals surface area contributed by atoms with Crippen molar-refractivity contribution in [1.82, 2.24) is 0 Å². The fourth-order valence-corrected chi connectivity index (χ4v) is 6.03. The quantitative estimate of drug-likeness (QED) is 0.229. The van der Waals surface area contributed by atoms with Crippen LogP contribution in [0.3, 0.4) is 0 Å². The third kappa shape index (κ3) is 12.0. The van der Waals surface area contributed by atoms with Gasteiger partial charge in [0.1, 0.15) is 0 Å². The SMILES string of the molecule is CC(C)(C)c1[c-]c2c(cc1)-c1ccc(C(C)(C)C)cc1C2.[Cl-].[Cl-].[Zr+2]=[C](CCc1ccccc1)Cc1ccccc1.c1cc[cH-]c1. The van der Waals surface area contributed by atoms with E-state index in [2.05, 4.69) is 139 Å². The number of benzene rings is 4. The van der Waals surface area contributed by atoms with Gasteiger partial charge in [-0.3, -0.25) is 0 Å². The molecule has 1 aliphatic rings. The summed E-state index contributed by atoms with van der Waals surface area (Å²) in [6.07, 6.45) is 4.57. The molecule has 0 heterocycles. The van der Waals surface area contributed by atoms with Crippen molar-refractivity contribution >= 4 is 3.21 Å². The third-order valence-electron chi connectivity index (χ3n) is 7.84. The Kier molecular flexibility index (Phi) is 15.5. The minimum atomic E-state index is 0. The van der Waals surface area contributed by atoms with Crippen molar-refractivity contribution in [3.63, 3.8) is 0 Å². The van der Waals surface area contributed by atoms with E-state index in [0.717, 1.165) is 12.8 Å².